The standard InChI is InChI=1S/C28H29N5O4/c1-3-37-28(36)31-16-14-30(15-17-31)24(35)19-32-23(34)18-20(2)25-26(21-10-6-4-7-11-21)29-33(27(25)32)22-12-8-5-9-13-22/h4-13,18H,3,14-17,19H2,1-2H3. The van der Waals surface area contributed by atoms with Crippen LogP contribution in [-0.2, 0) is 16.1 Å². The van der Waals surface area contributed by atoms with Crippen molar-refractivity contribution in [3.8, 4) is 16.9 Å². The van der Waals surface area contributed by atoms with E-state index in [0.717, 1.165) is 27.9 Å². The summed E-state index contributed by atoms with van der Waals surface area (Å²) in [4.78, 5) is 42.0. The van der Waals surface area contributed by atoms with Crippen molar-refractivity contribution in [1.82, 2.24) is 24.1 Å². The minimum absolute atomic E-state index is 0.123. The molecule has 0 spiro atoms. The maximum Gasteiger partial charge on any atom is 0.409 e. The second kappa shape index (κ2) is 10.3. The molecular weight excluding hydrogens is 470 g/mol. The molecule has 1 aliphatic rings. The summed E-state index contributed by atoms with van der Waals surface area (Å²) in [5, 5.41) is 5.76. The number of para-hydroxylation sites is 1. The maximum absolute atomic E-state index is 13.4. The van der Waals surface area contributed by atoms with E-state index in [2.05, 4.69) is 0 Å². The molecule has 0 bridgehead atoms. The number of aryl methyl sites for hydroxylation is 1. The smallest absolute Gasteiger partial charge is 0.409 e. The normalized spacial score (nSPS) is 13.7. The van der Waals surface area contributed by atoms with E-state index in [1.54, 1.807) is 27.5 Å². The van der Waals surface area contributed by atoms with Gasteiger partial charge in [-0.1, -0.05) is 48.5 Å². The number of amides is 2. The largest absolute Gasteiger partial charge is 0.450 e. The lowest BCUT2D eigenvalue weighted by Crippen LogP contribution is -2.51. The predicted octanol–water partition coefficient (Wildman–Crippen LogP) is 3.46. The summed E-state index contributed by atoms with van der Waals surface area (Å²) < 4.78 is 8.33. The van der Waals surface area contributed by atoms with Crippen LogP contribution in [0.25, 0.3) is 28.0 Å². The molecule has 2 amide bonds. The van der Waals surface area contributed by atoms with Crippen LogP contribution in [0.1, 0.15) is 12.5 Å². The van der Waals surface area contributed by atoms with E-state index in [4.69, 9.17) is 9.84 Å². The molecule has 9 nitrogen and oxygen atoms in total. The van der Waals surface area contributed by atoms with E-state index in [0.29, 0.717) is 38.4 Å². The highest BCUT2D eigenvalue weighted by atomic mass is 16.6. The molecule has 9 heteroatoms. The fraction of sp³-hybridized carbons (Fsp3) is 0.286. The SMILES string of the molecule is CCOC(=O)N1CCN(C(=O)Cn2c(=O)cc(C)c3c(-c4ccccc4)nn(-c4ccccc4)c32)CC1. The zero-order valence-electron chi connectivity index (χ0n) is 21.0. The summed E-state index contributed by atoms with van der Waals surface area (Å²) in [5.41, 5.74) is 3.59. The van der Waals surface area contributed by atoms with Crippen molar-refractivity contribution >= 4 is 23.0 Å². The highest BCUT2D eigenvalue weighted by molar-refractivity contribution is 5.95. The molecule has 2 aromatic heterocycles. The molecule has 3 heterocycles. The van der Waals surface area contributed by atoms with Crippen LogP contribution in [0.2, 0.25) is 0 Å². The first kappa shape index (κ1) is 24.3. The van der Waals surface area contributed by atoms with Gasteiger partial charge in [0.15, 0.2) is 0 Å². The second-order valence-electron chi connectivity index (χ2n) is 8.98. The van der Waals surface area contributed by atoms with Gasteiger partial charge in [0.2, 0.25) is 5.91 Å². The third kappa shape index (κ3) is 4.72. The molecule has 1 aliphatic heterocycles. The van der Waals surface area contributed by atoms with Gasteiger partial charge in [-0.05, 0) is 31.5 Å². The Balaban J connectivity index is 1.55. The zero-order chi connectivity index (χ0) is 25.9. The molecule has 0 saturated carbocycles. The number of ether oxygens (including phenoxy) is 1. The van der Waals surface area contributed by atoms with Crippen molar-refractivity contribution in [2.45, 2.75) is 20.4 Å². The van der Waals surface area contributed by atoms with Crippen molar-refractivity contribution in [3.63, 3.8) is 0 Å². The van der Waals surface area contributed by atoms with Gasteiger partial charge in [0.05, 0.1) is 12.3 Å². The van der Waals surface area contributed by atoms with Gasteiger partial charge >= 0.3 is 6.09 Å². The van der Waals surface area contributed by atoms with Crippen LogP contribution in [0.4, 0.5) is 4.79 Å². The van der Waals surface area contributed by atoms with E-state index in [9.17, 15) is 14.4 Å². The average Bonchev–Trinajstić information content (AvgIpc) is 3.33. The Kier molecular flexibility index (Phi) is 6.76. The molecule has 4 aromatic rings. The fourth-order valence-corrected chi connectivity index (χ4v) is 4.75. The first-order valence-corrected chi connectivity index (χ1v) is 12.4. The number of pyridine rings is 1. The Morgan fingerprint density at radius 1 is 0.919 bits per heavy atom. The number of carbonyl (C=O) groups excluding carboxylic acids is 2. The third-order valence-electron chi connectivity index (χ3n) is 6.62. The van der Waals surface area contributed by atoms with Gasteiger partial charge in [-0.2, -0.15) is 5.10 Å². The summed E-state index contributed by atoms with van der Waals surface area (Å²) in [6, 6.07) is 21.0. The number of benzene rings is 2. The van der Waals surface area contributed by atoms with Gasteiger partial charge in [0, 0.05) is 43.2 Å². The fourth-order valence-electron chi connectivity index (χ4n) is 4.75. The van der Waals surface area contributed by atoms with Gasteiger partial charge in [-0.25, -0.2) is 9.48 Å². The van der Waals surface area contributed by atoms with Gasteiger partial charge in [-0.3, -0.25) is 14.2 Å². The molecule has 0 unspecified atom stereocenters. The molecule has 0 radical (unpaired) electrons. The molecule has 37 heavy (non-hydrogen) atoms. The van der Waals surface area contributed by atoms with Crippen molar-refractivity contribution < 1.29 is 14.3 Å². The van der Waals surface area contributed by atoms with Crippen molar-refractivity contribution in [2.24, 2.45) is 0 Å². The Morgan fingerprint density at radius 3 is 2.19 bits per heavy atom. The van der Waals surface area contributed by atoms with Crippen LogP contribution in [0, 0.1) is 6.92 Å². The van der Waals surface area contributed by atoms with E-state index >= 15 is 0 Å². The van der Waals surface area contributed by atoms with Crippen LogP contribution in [0.3, 0.4) is 0 Å². The minimum atomic E-state index is -0.369. The number of nitrogens with zero attached hydrogens (tertiary/aromatic N) is 5. The molecule has 1 fully saturated rings. The summed E-state index contributed by atoms with van der Waals surface area (Å²) in [5.74, 6) is -0.183. The lowest BCUT2D eigenvalue weighted by atomic mass is 10.1. The predicted molar refractivity (Wildman–Crippen MR) is 141 cm³/mol. The van der Waals surface area contributed by atoms with Crippen LogP contribution in [0.5, 0.6) is 0 Å². The quantitative estimate of drug-likeness (QED) is 0.420. The number of rotatable bonds is 5. The number of piperazine rings is 1. The molecule has 0 aliphatic carbocycles. The topological polar surface area (TPSA) is 89.7 Å². The summed E-state index contributed by atoms with van der Waals surface area (Å²) in [6.45, 7) is 5.40. The lowest BCUT2D eigenvalue weighted by Gasteiger charge is -2.34. The van der Waals surface area contributed by atoms with Crippen molar-refractivity contribution in [3.05, 3.63) is 82.6 Å². The van der Waals surface area contributed by atoms with Crippen molar-refractivity contribution in [2.75, 3.05) is 32.8 Å². The van der Waals surface area contributed by atoms with E-state index in [-0.39, 0.29) is 24.1 Å². The second-order valence-corrected chi connectivity index (χ2v) is 8.98. The maximum atomic E-state index is 13.4. The molecule has 0 atom stereocenters. The van der Waals surface area contributed by atoms with E-state index < -0.39 is 0 Å². The summed E-state index contributed by atoms with van der Waals surface area (Å²) in [6.07, 6.45) is -0.369. The molecule has 0 N–H and O–H groups in total. The van der Waals surface area contributed by atoms with Crippen LogP contribution in [-0.4, -0.2) is 68.9 Å². The third-order valence-corrected chi connectivity index (χ3v) is 6.62. The Hall–Kier alpha value is -4.40. The number of aromatic nitrogens is 3. The number of carbonyl (C=O) groups is 2. The number of fused-ring (bicyclic) bond motifs is 1. The lowest BCUT2D eigenvalue weighted by molar-refractivity contribution is -0.133. The molecular formula is C28H29N5O4. The first-order valence-electron chi connectivity index (χ1n) is 12.4. The van der Waals surface area contributed by atoms with E-state index in [1.807, 2.05) is 67.6 Å². The highest BCUT2D eigenvalue weighted by Crippen LogP contribution is 2.31. The average molecular weight is 500 g/mol. The van der Waals surface area contributed by atoms with Crippen LogP contribution >= 0.6 is 0 Å². The van der Waals surface area contributed by atoms with Crippen LogP contribution < -0.4 is 5.56 Å². The highest BCUT2D eigenvalue weighted by Gasteiger charge is 2.27. The molecule has 1 saturated heterocycles. The van der Waals surface area contributed by atoms with Gasteiger partial charge in [0.1, 0.15) is 17.9 Å². The molecule has 2 aromatic carbocycles. The van der Waals surface area contributed by atoms with E-state index in [1.165, 1.54) is 4.57 Å². The monoisotopic (exact) mass is 499 g/mol. The Labute approximate surface area is 214 Å². The summed E-state index contributed by atoms with van der Waals surface area (Å²) >= 11 is 0. The zero-order valence-corrected chi connectivity index (χ0v) is 21.0. The molecule has 5 rings (SSSR count). The molecule has 190 valence electrons. The van der Waals surface area contributed by atoms with Crippen LogP contribution in [0.15, 0.2) is 71.5 Å². The minimum Gasteiger partial charge on any atom is -0.450 e. The number of hydrogen-bond acceptors (Lipinski definition) is 5. The first-order chi connectivity index (χ1) is 18.0. The number of hydrogen-bond donors (Lipinski definition) is 0. The summed E-state index contributed by atoms with van der Waals surface area (Å²) in [7, 11) is 0. The van der Waals surface area contributed by atoms with Gasteiger partial charge in [0.25, 0.3) is 5.56 Å². The van der Waals surface area contributed by atoms with Gasteiger partial charge < -0.3 is 14.5 Å². The van der Waals surface area contributed by atoms with Crippen molar-refractivity contribution in [1.29, 1.82) is 0 Å². The van der Waals surface area contributed by atoms with Gasteiger partial charge in [-0.15, -0.1) is 0 Å². The Morgan fingerprint density at radius 2 is 1.54 bits per heavy atom. The Bertz CT molecular complexity index is 1490.